The van der Waals surface area contributed by atoms with Crippen molar-refractivity contribution >= 4 is 0 Å². The third kappa shape index (κ3) is 15.8. The molecule has 22 aromatic rings. The van der Waals surface area contributed by atoms with Crippen molar-refractivity contribution in [1.29, 1.82) is 0 Å². The predicted molar refractivity (Wildman–Crippen MR) is 568 cm³/mol. The summed E-state index contributed by atoms with van der Waals surface area (Å²) in [5.74, 6) is 1.39. The molecule has 0 bridgehead atoms. The summed E-state index contributed by atoms with van der Waals surface area (Å²) in [6.07, 6.45) is 0. The van der Waals surface area contributed by atoms with Crippen molar-refractivity contribution in [2.24, 2.45) is 0 Å². The van der Waals surface area contributed by atoms with Gasteiger partial charge in [0.1, 0.15) is 0 Å². The molecule has 1 aliphatic carbocycles. The van der Waals surface area contributed by atoms with Crippen LogP contribution in [0.2, 0.25) is 0 Å². The summed E-state index contributed by atoms with van der Waals surface area (Å²) in [4.78, 5) is 0. The zero-order valence-corrected chi connectivity index (χ0v) is 74.8. The van der Waals surface area contributed by atoms with E-state index in [1.165, 1.54) is 0 Å². The summed E-state index contributed by atoms with van der Waals surface area (Å²) >= 11 is 0. The molecular formula is C134H90O2. The lowest BCUT2D eigenvalue weighted by atomic mass is 9.65. The molecule has 0 spiro atoms. The minimum atomic E-state index is -1.17. The molecular weight excluding hydrogens is 1640 g/mol. The van der Waals surface area contributed by atoms with Crippen LogP contribution in [0.25, 0.3) is 211 Å². The first-order valence-electron chi connectivity index (χ1n) is 46.8. The fourth-order valence-corrected chi connectivity index (χ4v) is 20.8. The molecule has 24 rings (SSSR count). The Morgan fingerprint density at radius 1 is 0.125 bits per heavy atom. The van der Waals surface area contributed by atoms with E-state index in [9.17, 15) is 0 Å². The highest BCUT2D eigenvalue weighted by Gasteiger charge is 2.49. The van der Waals surface area contributed by atoms with Gasteiger partial charge in [-0.1, -0.05) is 388 Å². The van der Waals surface area contributed by atoms with Crippen molar-refractivity contribution in [2.75, 3.05) is 6.79 Å². The molecule has 0 radical (unpaired) electrons. The van der Waals surface area contributed by atoms with Gasteiger partial charge in [0, 0.05) is 0 Å². The second-order valence-electron chi connectivity index (χ2n) is 35.7. The van der Waals surface area contributed by atoms with Crippen LogP contribution in [0.15, 0.2) is 534 Å². The maximum Gasteiger partial charge on any atom is 0.231 e. The van der Waals surface area contributed by atoms with Gasteiger partial charge in [-0.05, 0) is 379 Å². The maximum absolute atomic E-state index is 6.84. The van der Waals surface area contributed by atoms with Crippen LogP contribution in [-0.4, -0.2) is 6.79 Å². The molecule has 0 N–H and O–H groups in total. The molecule has 0 amide bonds. The minimum absolute atomic E-state index is 0.0829. The zero-order chi connectivity index (χ0) is 90.3. The van der Waals surface area contributed by atoms with Crippen LogP contribution in [0.4, 0.5) is 0 Å². The smallest absolute Gasteiger partial charge is 0.231 e. The molecule has 136 heavy (non-hydrogen) atoms. The second-order valence-corrected chi connectivity index (χ2v) is 35.7. The summed E-state index contributed by atoms with van der Waals surface area (Å²) in [6, 6.07) is 198. The van der Waals surface area contributed by atoms with Gasteiger partial charge in [0.25, 0.3) is 0 Å². The van der Waals surface area contributed by atoms with Crippen molar-refractivity contribution in [3.63, 3.8) is 0 Å². The first-order valence-corrected chi connectivity index (χ1v) is 46.8. The lowest BCUT2D eigenvalue weighted by molar-refractivity contribution is 0.174. The summed E-state index contributed by atoms with van der Waals surface area (Å²) in [6.45, 7) is 0.0829. The highest BCUT2D eigenvalue weighted by molar-refractivity contribution is 6.02. The zero-order valence-electron chi connectivity index (χ0n) is 74.8. The maximum atomic E-state index is 6.84. The molecule has 0 saturated carbocycles. The van der Waals surface area contributed by atoms with Crippen LogP contribution in [0.3, 0.4) is 0 Å². The number of fused-ring (bicyclic) bond motifs is 4. The van der Waals surface area contributed by atoms with Crippen molar-refractivity contribution in [3.8, 4) is 223 Å². The van der Waals surface area contributed by atoms with E-state index in [1.807, 2.05) is 0 Å². The van der Waals surface area contributed by atoms with Crippen LogP contribution in [0.1, 0.15) is 22.3 Å². The van der Waals surface area contributed by atoms with Gasteiger partial charge in [-0.25, -0.2) is 0 Å². The lowest BCUT2D eigenvalue weighted by Gasteiger charge is -2.36. The van der Waals surface area contributed by atoms with E-state index in [2.05, 4.69) is 534 Å². The quantitative estimate of drug-likeness (QED) is 0.0757. The third-order valence-electron chi connectivity index (χ3n) is 27.4. The molecule has 22 aromatic carbocycles. The van der Waals surface area contributed by atoms with Crippen molar-refractivity contribution < 1.29 is 9.47 Å². The van der Waals surface area contributed by atoms with E-state index in [-0.39, 0.29) is 6.79 Å². The Kier molecular flexibility index (Phi) is 21.4. The third-order valence-corrected chi connectivity index (χ3v) is 27.4. The first kappa shape index (κ1) is 81.7. The number of hydrogen-bond donors (Lipinski definition) is 0. The van der Waals surface area contributed by atoms with Crippen LogP contribution >= 0.6 is 0 Å². The number of ether oxygens (including phenoxy) is 2. The molecule has 0 aromatic heterocycles. The van der Waals surface area contributed by atoms with Gasteiger partial charge in [-0.2, -0.15) is 0 Å². The SMILES string of the molecule is c1ccc(-c2cc(-c3ccccc3)cc(-c3cccc(-c4cc(-c5cccc(-c6cc(-c7ccccc7)cc(-c7ccccc7)c6)c5)cc(C5(c6cc(-c7cccc(-c8cc(-c9ccccc9)cc(-c9ccccc9)c8)c7)cc(-c7cccc(-c8cc(-c9ccccc9)cc(-c9ccccc9)c8)c7)c6)c6cc7c(cc6-c6c(-c8ccccc8-c8ccccc8)cccc65)OCO7)c4)c3)c2)cc1. The fourth-order valence-electron chi connectivity index (χ4n) is 20.8. The minimum Gasteiger partial charge on any atom is -0.454 e. The topological polar surface area (TPSA) is 18.5 Å². The van der Waals surface area contributed by atoms with Gasteiger partial charge < -0.3 is 9.47 Å². The number of rotatable bonds is 20. The number of benzene rings is 22. The van der Waals surface area contributed by atoms with Gasteiger partial charge in [0.2, 0.25) is 6.79 Å². The molecule has 1 aliphatic heterocycles. The van der Waals surface area contributed by atoms with Crippen LogP contribution in [-0.2, 0) is 5.41 Å². The van der Waals surface area contributed by atoms with E-state index in [0.29, 0.717) is 11.5 Å². The Morgan fingerprint density at radius 2 is 0.316 bits per heavy atom. The van der Waals surface area contributed by atoms with E-state index in [4.69, 9.17) is 9.47 Å². The van der Waals surface area contributed by atoms with Gasteiger partial charge in [0.05, 0.1) is 5.41 Å². The monoisotopic (exact) mass is 1730 g/mol. The van der Waals surface area contributed by atoms with Crippen LogP contribution in [0.5, 0.6) is 11.5 Å². The Balaban J connectivity index is 0.802. The van der Waals surface area contributed by atoms with Gasteiger partial charge in [-0.15, -0.1) is 0 Å². The van der Waals surface area contributed by atoms with E-state index >= 15 is 0 Å². The molecule has 1 heterocycles. The Bertz CT molecular complexity index is 7240. The summed E-state index contributed by atoms with van der Waals surface area (Å²) < 4.78 is 13.5. The summed E-state index contributed by atoms with van der Waals surface area (Å²) in [5, 5.41) is 0. The molecule has 2 aliphatic rings. The van der Waals surface area contributed by atoms with Crippen LogP contribution in [0, 0.1) is 0 Å². The van der Waals surface area contributed by atoms with Crippen molar-refractivity contribution in [2.45, 2.75) is 5.41 Å². The molecule has 0 unspecified atom stereocenters. The van der Waals surface area contributed by atoms with Gasteiger partial charge >= 0.3 is 0 Å². The Hall–Kier alpha value is -17.6. The largest absolute Gasteiger partial charge is 0.454 e. The summed E-state index contributed by atoms with van der Waals surface area (Å²) in [5.41, 5.74) is 45.6. The van der Waals surface area contributed by atoms with Crippen molar-refractivity contribution in [3.05, 3.63) is 556 Å². The average molecular weight is 1730 g/mol. The number of hydrogen-bond acceptors (Lipinski definition) is 2. The first-order chi connectivity index (χ1) is 67.3. The molecule has 2 nitrogen and oxygen atoms in total. The Morgan fingerprint density at radius 3 is 0.581 bits per heavy atom. The van der Waals surface area contributed by atoms with Gasteiger partial charge in [0.15, 0.2) is 11.5 Å². The molecule has 638 valence electrons. The Labute approximate surface area is 795 Å². The molecule has 0 atom stereocenters. The lowest BCUT2D eigenvalue weighted by Crippen LogP contribution is -2.29. The standard InChI is InChI=1S/C134H90O2/c1-10-35-90(36-11-1)107-69-108(91-37-12-2-13-38-91)74-115(73-107)99-53-30-57-103(65-99)119-81-120(104-58-31-54-100(66-104)116-75-109(92-39-14-3-15-40-92)70-110(76-116)93-41-16-4-17-42-93)84-123(83-119)134(129-64-34-63-127(126-62-29-28-61-125(126)98-51-26-9-27-52-98)133(129)128-87-131-132(88-130(128)134)136-89-135-131)124-85-121(105-59-32-55-101(67-105)117-77-111(94-43-18-5-19-44-94)71-112(78-117)95-45-20-6-21-46-95)82-122(86-124)106-60-33-56-102(68-106)118-79-113(96-47-22-7-23-48-96)72-114(80-118)97-49-24-8-25-50-97/h1-88H,89H2. The van der Waals surface area contributed by atoms with E-state index < -0.39 is 5.41 Å². The molecule has 0 fully saturated rings. The average Bonchev–Trinajstić information content (AvgIpc) is 1.51. The summed E-state index contributed by atoms with van der Waals surface area (Å²) in [7, 11) is 0. The second kappa shape index (κ2) is 35.6. The van der Waals surface area contributed by atoms with E-state index in [0.717, 1.165) is 234 Å². The molecule has 2 heteroatoms. The normalized spacial score (nSPS) is 12.1. The predicted octanol–water partition coefficient (Wildman–Crippen LogP) is 35.8. The van der Waals surface area contributed by atoms with Crippen LogP contribution < -0.4 is 9.47 Å². The van der Waals surface area contributed by atoms with Crippen molar-refractivity contribution in [1.82, 2.24) is 0 Å². The fraction of sp³-hybridized carbons (Fsp3) is 0.0149. The highest BCUT2D eigenvalue weighted by atomic mass is 16.7. The highest BCUT2D eigenvalue weighted by Crippen LogP contribution is 2.63. The van der Waals surface area contributed by atoms with Gasteiger partial charge in [-0.3, -0.25) is 0 Å². The van der Waals surface area contributed by atoms with E-state index in [1.54, 1.807) is 0 Å². The molecule has 0 saturated heterocycles.